The van der Waals surface area contributed by atoms with Crippen LogP contribution in [0.15, 0.2) is 41.9 Å². The SMILES string of the molecule is O=C(/C=C/c1nccs1)NCc1ccccc1OC(F)F. The predicted molar refractivity (Wildman–Crippen MR) is 76.1 cm³/mol. The molecule has 1 aromatic heterocycles. The van der Waals surface area contributed by atoms with Crippen LogP contribution in [0.4, 0.5) is 8.78 Å². The number of thiazole rings is 1. The fourth-order valence-electron chi connectivity index (χ4n) is 1.57. The van der Waals surface area contributed by atoms with Crippen molar-refractivity contribution in [1.82, 2.24) is 10.3 Å². The lowest BCUT2D eigenvalue weighted by Gasteiger charge is -2.10. The van der Waals surface area contributed by atoms with E-state index in [1.807, 2.05) is 0 Å². The van der Waals surface area contributed by atoms with Crippen LogP contribution in [0.5, 0.6) is 5.75 Å². The average molecular weight is 310 g/mol. The quantitative estimate of drug-likeness (QED) is 0.834. The molecule has 0 spiro atoms. The first-order chi connectivity index (χ1) is 10.1. The molecular formula is C14H12F2N2O2S. The maximum absolute atomic E-state index is 12.3. The van der Waals surface area contributed by atoms with Gasteiger partial charge < -0.3 is 10.1 Å². The van der Waals surface area contributed by atoms with Gasteiger partial charge in [-0.15, -0.1) is 11.3 Å². The van der Waals surface area contributed by atoms with E-state index in [9.17, 15) is 13.6 Å². The van der Waals surface area contributed by atoms with Crippen molar-refractivity contribution in [1.29, 1.82) is 0 Å². The highest BCUT2D eigenvalue weighted by atomic mass is 32.1. The van der Waals surface area contributed by atoms with E-state index in [0.29, 0.717) is 10.6 Å². The third-order valence-corrected chi connectivity index (χ3v) is 3.21. The molecule has 0 bridgehead atoms. The number of nitrogens with zero attached hydrogens (tertiary/aromatic N) is 1. The standard InChI is InChI=1S/C14H12F2N2O2S/c15-14(16)20-11-4-2-1-3-10(11)9-18-12(19)5-6-13-17-7-8-21-13/h1-8,14H,9H2,(H,18,19)/b6-5+. The van der Waals surface area contributed by atoms with E-state index < -0.39 is 6.61 Å². The number of hydrogen-bond acceptors (Lipinski definition) is 4. The topological polar surface area (TPSA) is 51.2 Å². The van der Waals surface area contributed by atoms with Crippen molar-refractivity contribution in [3.05, 3.63) is 52.5 Å². The highest BCUT2D eigenvalue weighted by Crippen LogP contribution is 2.19. The number of benzene rings is 1. The minimum absolute atomic E-state index is 0.0525. The summed E-state index contributed by atoms with van der Waals surface area (Å²) in [5.41, 5.74) is 0.480. The monoisotopic (exact) mass is 310 g/mol. The number of ether oxygens (including phenoxy) is 1. The van der Waals surface area contributed by atoms with E-state index in [2.05, 4.69) is 15.0 Å². The van der Waals surface area contributed by atoms with Gasteiger partial charge in [0.1, 0.15) is 10.8 Å². The lowest BCUT2D eigenvalue weighted by molar-refractivity contribution is -0.116. The molecule has 0 unspecified atom stereocenters. The summed E-state index contributed by atoms with van der Waals surface area (Å²) in [5, 5.41) is 5.12. The summed E-state index contributed by atoms with van der Waals surface area (Å²) >= 11 is 1.41. The number of hydrogen-bond donors (Lipinski definition) is 1. The molecule has 1 amide bonds. The molecule has 1 aromatic carbocycles. The Hall–Kier alpha value is -2.28. The molecule has 2 rings (SSSR count). The normalized spacial score (nSPS) is 11.0. The maximum atomic E-state index is 12.3. The van der Waals surface area contributed by atoms with Crippen LogP contribution in [-0.2, 0) is 11.3 Å². The van der Waals surface area contributed by atoms with Crippen molar-refractivity contribution in [3.63, 3.8) is 0 Å². The van der Waals surface area contributed by atoms with Gasteiger partial charge in [0.05, 0.1) is 0 Å². The molecule has 110 valence electrons. The van der Waals surface area contributed by atoms with Crippen molar-refractivity contribution in [2.45, 2.75) is 13.2 Å². The van der Waals surface area contributed by atoms with Crippen LogP contribution < -0.4 is 10.1 Å². The van der Waals surface area contributed by atoms with Crippen LogP contribution in [0, 0.1) is 0 Å². The number of para-hydroxylation sites is 1. The van der Waals surface area contributed by atoms with Gasteiger partial charge in [-0.3, -0.25) is 4.79 Å². The van der Waals surface area contributed by atoms with Crippen molar-refractivity contribution < 1.29 is 18.3 Å². The summed E-state index contributed by atoms with van der Waals surface area (Å²) in [5.74, 6) is -0.284. The zero-order valence-electron chi connectivity index (χ0n) is 10.8. The molecule has 0 saturated carbocycles. The zero-order valence-corrected chi connectivity index (χ0v) is 11.6. The third kappa shape index (κ3) is 4.96. The van der Waals surface area contributed by atoms with Gasteiger partial charge in [-0.05, 0) is 12.1 Å². The van der Waals surface area contributed by atoms with Crippen LogP contribution in [0.3, 0.4) is 0 Å². The Bertz CT molecular complexity index is 615. The number of carbonyl (C=O) groups excluding carboxylic acids is 1. The first-order valence-corrected chi connectivity index (χ1v) is 6.91. The molecule has 0 aliphatic rings. The fraction of sp³-hybridized carbons (Fsp3) is 0.143. The highest BCUT2D eigenvalue weighted by molar-refractivity contribution is 7.10. The fourth-order valence-corrected chi connectivity index (χ4v) is 2.10. The van der Waals surface area contributed by atoms with Gasteiger partial charge in [-0.2, -0.15) is 8.78 Å². The minimum Gasteiger partial charge on any atom is -0.434 e. The maximum Gasteiger partial charge on any atom is 0.387 e. The van der Waals surface area contributed by atoms with Gasteiger partial charge in [0.2, 0.25) is 5.91 Å². The van der Waals surface area contributed by atoms with Gasteiger partial charge in [0.25, 0.3) is 0 Å². The van der Waals surface area contributed by atoms with Gasteiger partial charge in [0.15, 0.2) is 0 Å². The molecule has 7 heteroatoms. The lowest BCUT2D eigenvalue weighted by atomic mass is 10.2. The highest BCUT2D eigenvalue weighted by Gasteiger charge is 2.09. The number of carbonyl (C=O) groups is 1. The molecule has 0 aliphatic carbocycles. The molecule has 0 aliphatic heterocycles. The second-order valence-corrected chi connectivity index (χ2v) is 4.83. The largest absolute Gasteiger partial charge is 0.434 e. The molecule has 0 atom stereocenters. The molecule has 0 fully saturated rings. The summed E-state index contributed by atoms with van der Waals surface area (Å²) < 4.78 is 28.9. The van der Waals surface area contributed by atoms with E-state index in [1.54, 1.807) is 35.9 Å². The molecule has 0 saturated heterocycles. The van der Waals surface area contributed by atoms with Crippen LogP contribution in [-0.4, -0.2) is 17.5 Å². The first-order valence-electron chi connectivity index (χ1n) is 6.03. The van der Waals surface area contributed by atoms with Crippen molar-refractivity contribution >= 4 is 23.3 Å². The van der Waals surface area contributed by atoms with E-state index >= 15 is 0 Å². The lowest BCUT2D eigenvalue weighted by Crippen LogP contribution is -2.21. The zero-order chi connectivity index (χ0) is 15.1. The third-order valence-electron chi connectivity index (χ3n) is 2.47. The number of halogens is 2. The van der Waals surface area contributed by atoms with Gasteiger partial charge in [-0.1, -0.05) is 18.2 Å². The summed E-state index contributed by atoms with van der Waals surface area (Å²) in [7, 11) is 0. The Balaban J connectivity index is 1.92. The smallest absolute Gasteiger partial charge is 0.387 e. The summed E-state index contributed by atoms with van der Waals surface area (Å²) in [6.07, 6.45) is 4.57. The Morgan fingerprint density at radius 1 is 1.43 bits per heavy atom. The molecule has 1 N–H and O–H groups in total. The Morgan fingerprint density at radius 3 is 2.95 bits per heavy atom. The van der Waals surface area contributed by atoms with Crippen molar-refractivity contribution in [2.75, 3.05) is 0 Å². The Kier molecular flexibility index (Phi) is 5.39. The Labute approximate surface area is 124 Å². The molecular weight excluding hydrogens is 298 g/mol. The van der Waals surface area contributed by atoms with Gasteiger partial charge in [-0.25, -0.2) is 4.98 Å². The van der Waals surface area contributed by atoms with Crippen LogP contribution in [0.25, 0.3) is 6.08 Å². The number of amides is 1. The molecule has 0 radical (unpaired) electrons. The predicted octanol–water partition coefficient (Wildman–Crippen LogP) is 3.07. The van der Waals surface area contributed by atoms with E-state index in [-0.39, 0.29) is 18.2 Å². The summed E-state index contributed by atoms with van der Waals surface area (Å²) in [6, 6.07) is 6.32. The minimum atomic E-state index is -2.90. The molecule has 4 nitrogen and oxygen atoms in total. The van der Waals surface area contributed by atoms with Gasteiger partial charge >= 0.3 is 6.61 Å². The molecule has 1 heterocycles. The van der Waals surface area contributed by atoms with E-state index in [4.69, 9.17) is 0 Å². The van der Waals surface area contributed by atoms with Crippen LogP contribution in [0.1, 0.15) is 10.6 Å². The van der Waals surface area contributed by atoms with Crippen molar-refractivity contribution in [3.8, 4) is 5.75 Å². The van der Waals surface area contributed by atoms with Gasteiger partial charge in [0, 0.05) is 29.8 Å². The van der Waals surface area contributed by atoms with Crippen molar-refractivity contribution in [2.24, 2.45) is 0 Å². The molecule has 21 heavy (non-hydrogen) atoms. The van der Waals surface area contributed by atoms with E-state index in [1.165, 1.54) is 23.5 Å². The second-order valence-electron chi connectivity index (χ2n) is 3.91. The first kappa shape index (κ1) is 15.1. The number of rotatable bonds is 6. The van der Waals surface area contributed by atoms with Crippen LogP contribution >= 0.6 is 11.3 Å². The van der Waals surface area contributed by atoms with E-state index in [0.717, 1.165) is 0 Å². The Morgan fingerprint density at radius 2 is 2.24 bits per heavy atom. The number of nitrogens with one attached hydrogen (secondary N) is 1. The second kappa shape index (κ2) is 7.49. The average Bonchev–Trinajstić information content (AvgIpc) is 2.97. The summed E-state index contributed by atoms with van der Waals surface area (Å²) in [6.45, 7) is -2.80. The number of aromatic nitrogens is 1. The van der Waals surface area contributed by atoms with Crippen LogP contribution in [0.2, 0.25) is 0 Å². The summed E-state index contributed by atoms with van der Waals surface area (Å²) in [4.78, 5) is 15.6. The molecule has 2 aromatic rings. The number of alkyl halides is 2.